The Morgan fingerprint density at radius 3 is 2.64 bits per heavy atom. The van der Waals surface area contributed by atoms with E-state index in [2.05, 4.69) is 25.3 Å². The fraction of sp³-hybridized carbons (Fsp3) is 0.360. The van der Waals surface area contributed by atoms with E-state index in [9.17, 15) is 9.59 Å². The van der Waals surface area contributed by atoms with Crippen LogP contribution in [-0.2, 0) is 11.2 Å². The van der Waals surface area contributed by atoms with Crippen molar-refractivity contribution in [3.05, 3.63) is 73.6 Å². The summed E-state index contributed by atoms with van der Waals surface area (Å²) in [5.74, 6) is 0.829. The molecule has 0 aliphatic carbocycles. The quantitative estimate of drug-likeness (QED) is 0.393. The van der Waals surface area contributed by atoms with E-state index in [1.807, 2.05) is 34.5 Å². The molecule has 5 nitrogen and oxygen atoms in total. The topological polar surface area (TPSA) is 49.9 Å². The molecule has 0 saturated carbocycles. The first-order valence-electron chi connectivity index (χ1n) is 11.0. The molecule has 0 N–H and O–H groups in total. The Labute approximate surface area is 207 Å². The minimum absolute atomic E-state index is 0.0536. The highest BCUT2D eigenvalue weighted by Crippen LogP contribution is 2.34. The molecule has 33 heavy (non-hydrogen) atoms. The van der Waals surface area contributed by atoms with Gasteiger partial charge in [-0.15, -0.1) is 22.7 Å². The van der Waals surface area contributed by atoms with Crippen molar-refractivity contribution in [3.8, 4) is 5.75 Å². The van der Waals surface area contributed by atoms with E-state index < -0.39 is 0 Å². The molecule has 174 valence electrons. The zero-order valence-corrected chi connectivity index (χ0v) is 21.1. The number of ether oxygens (including phenoxy) is 1. The predicted octanol–water partition coefficient (Wildman–Crippen LogP) is 5.77. The number of rotatable bonds is 8. The Kier molecular flexibility index (Phi) is 7.73. The Balaban J connectivity index is 1.52. The normalized spacial score (nSPS) is 15.4. The zero-order valence-electron chi connectivity index (χ0n) is 18.7. The number of carbonyl (C=O) groups excluding carboxylic acids is 2. The van der Waals surface area contributed by atoms with Crippen LogP contribution < -0.4 is 4.74 Å². The standard InChI is InChI=1S/C25H27ClN2O3S2/c1-17(2)14-27(25(30)23-4-3-12-32-23)15-24(29)28-11-9-22-20(10-13-33-22)21(28)16-31-19-7-5-18(26)6-8-19/h3-8,10,12-13,17,21H,9,11,14-16H2,1-2H3/t21-/m1/s1. The van der Waals surface area contributed by atoms with E-state index in [1.165, 1.54) is 16.2 Å². The molecule has 1 atom stereocenters. The summed E-state index contributed by atoms with van der Waals surface area (Å²) in [5.41, 5.74) is 1.13. The highest BCUT2D eigenvalue weighted by atomic mass is 35.5. The van der Waals surface area contributed by atoms with Crippen molar-refractivity contribution in [2.45, 2.75) is 26.3 Å². The number of hydrogen-bond donors (Lipinski definition) is 0. The summed E-state index contributed by atoms with van der Waals surface area (Å²) < 4.78 is 6.06. The van der Waals surface area contributed by atoms with Crippen LogP contribution in [0, 0.1) is 5.92 Å². The van der Waals surface area contributed by atoms with Crippen LogP contribution in [0.15, 0.2) is 53.2 Å². The highest BCUT2D eigenvalue weighted by Gasteiger charge is 2.33. The first-order valence-corrected chi connectivity index (χ1v) is 13.1. The van der Waals surface area contributed by atoms with Gasteiger partial charge in [-0.3, -0.25) is 9.59 Å². The number of benzene rings is 1. The van der Waals surface area contributed by atoms with Crippen LogP contribution in [0.5, 0.6) is 5.75 Å². The van der Waals surface area contributed by atoms with Gasteiger partial charge in [0.05, 0.1) is 10.9 Å². The minimum atomic E-state index is -0.194. The van der Waals surface area contributed by atoms with Crippen molar-refractivity contribution < 1.29 is 14.3 Å². The Hall–Kier alpha value is -2.35. The summed E-state index contributed by atoms with van der Waals surface area (Å²) in [7, 11) is 0. The van der Waals surface area contributed by atoms with Crippen LogP contribution in [-0.4, -0.2) is 47.9 Å². The van der Waals surface area contributed by atoms with Gasteiger partial charge >= 0.3 is 0 Å². The lowest BCUT2D eigenvalue weighted by molar-refractivity contribution is -0.135. The van der Waals surface area contributed by atoms with Gasteiger partial charge in [0.1, 0.15) is 18.9 Å². The molecular formula is C25H27ClN2O3S2. The maximum atomic E-state index is 13.5. The molecule has 4 rings (SSSR count). The average molecular weight is 503 g/mol. The van der Waals surface area contributed by atoms with Crippen LogP contribution in [0.3, 0.4) is 0 Å². The number of fused-ring (bicyclic) bond motifs is 1. The zero-order chi connectivity index (χ0) is 23.4. The molecule has 0 bridgehead atoms. The summed E-state index contributed by atoms with van der Waals surface area (Å²) in [6.45, 7) is 5.67. The van der Waals surface area contributed by atoms with Crippen molar-refractivity contribution in [1.82, 2.24) is 9.80 Å². The summed E-state index contributed by atoms with van der Waals surface area (Å²) in [6.07, 6.45) is 0.819. The molecule has 0 unspecified atom stereocenters. The monoisotopic (exact) mass is 502 g/mol. The van der Waals surface area contributed by atoms with Gasteiger partial charge in [0.25, 0.3) is 5.91 Å². The van der Waals surface area contributed by atoms with Crippen molar-refractivity contribution in [1.29, 1.82) is 0 Å². The van der Waals surface area contributed by atoms with Crippen LogP contribution in [0.25, 0.3) is 0 Å². The molecule has 2 aromatic heterocycles. The molecule has 1 aromatic carbocycles. The van der Waals surface area contributed by atoms with Crippen LogP contribution in [0.1, 0.15) is 40.0 Å². The van der Waals surface area contributed by atoms with Crippen molar-refractivity contribution in [3.63, 3.8) is 0 Å². The maximum Gasteiger partial charge on any atom is 0.264 e. The maximum absolute atomic E-state index is 13.5. The van der Waals surface area contributed by atoms with Crippen molar-refractivity contribution in [2.75, 3.05) is 26.2 Å². The van der Waals surface area contributed by atoms with Gasteiger partial charge in [-0.25, -0.2) is 0 Å². The molecule has 1 aliphatic rings. The predicted molar refractivity (Wildman–Crippen MR) is 134 cm³/mol. The van der Waals surface area contributed by atoms with E-state index in [1.54, 1.807) is 28.4 Å². The fourth-order valence-electron chi connectivity index (χ4n) is 4.05. The number of halogens is 1. The molecule has 8 heteroatoms. The molecule has 2 amide bonds. The lowest BCUT2D eigenvalue weighted by atomic mass is 10.0. The first kappa shape index (κ1) is 23.8. The molecule has 3 heterocycles. The first-order chi connectivity index (χ1) is 15.9. The lowest BCUT2D eigenvalue weighted by Crippen LogP contribution is -2.48. The molecule has 1 aliphatic heterocycles. The summed E-state index contributed by atoms with van der Waals surface area (Å²) in [6, 6.07) is 12.8. The third-order valence-corrected chi connectivity index (χ3v) is 7.67. The van der Waals surface area contributed by atoms with E-state index in [0.717, 1.165) is 12.0 Å². The van der Waals surface area contributed by atoms with E-state index in [-0.39, 0.29) is 30.3 Å². The minimum Gasteiger partial charge on any atom is -0.491 e. The molecular weight excluding hydrogens is 476 g/mol. The van der Waals surface area contributed by atoms with E-state index in [4.69, 9.17) is 16.3 Å². The molecule has 0 saturated heterocycles. The highest BCUT2D eigenvalue weighted by molar-refractivity contribution is 7.12. The molecule has 3 aromatic rings. The van der Waals surface area contributed by atoms with Crippen molar-refractivity contribution in [2.24, 2.45) is 5.92 Å². The van der Waals surface area contributed by atoms with Gasteiger partial charge in [-0.05, 0) is 65.1 Å². The third kappa shape index (κ3) is 5.78. The van der Waals surface area contributed by atoms with Gasteiger partial charge < -0.3 is 14.5 Å². The van der Waals surface area contributed by atoms with Gasteiger partial charge in [0, 0.05) is 23.0 Å². The van der Waals surface area contributed by atoms with E-state index in [0.29, 0.717) is 35.3 Å². The van der Waals surface area contributed by atoms with Gasteiger partial charge in [-0.2, -0.15) is 0 Å². The Morgan fingerprint density at radius 2 is 1.94 bits per heavy atom. The van der Waals surface area contributed by atoms with Crippen LogP contribution >= 0.6 is 34.3 Å². The SMILES string of the molecule is CC(C)CN(CC(=O)N1CCc2sccc2[C@H]1COc1ccc(Cl)cc1)C(=O)c1cccs1. The largest absolute Gasteiger partial charge is 0.491 e. The second-order valence-corrected chi connectivity index (χ2v) is 10.9. The smallest absolute Gasteiger partial charge is 0.264 e. The third-order valence-electron chi connectivity index (χ3n) is 5.57. The second kappa shape index (κ2) is 10.7. The van der Waals surface area contributed by atoms with Gasteiger partial charge in [0.15, 0.2) is 0 Å². The fourth-order valence-corrected chi connectivity index (χ4v) is 5.80. The average Bonchev–Trinajstić information content (AvgIpc) is 3.49. The number of carbonyl (C=O) groups is 2. The van der Waals surface area contributed by atoms with Crippen molar-refractivity contribution >= 4 is 46.1 Å². The number of thiophene rings is 2. The van der Waals surface area contributed by atoms with Crippen LogP contribution in [0.2, 0.25) is 5.02 Å². The summed E-state index contributed by atoms with van der Waals surface area (Å²) >= 11 is 9.11. The number of hydrogen-bond acceptors (Lipinski definition) is 5. The van der Waals surface area contributed by atoms with Gasteiger partial charge in [-0.1, -0.05) is 31.5 Å². The summed E-state index contributed by atoms with van der Waals surface area (Å²) in [5, 5.41) is 4.60. The number of nitrogens with zero attached hydrogens (tertiary/aromatic N) is 2. The van der Waals surface area contributed by atoms with Gasteiger partial charge in [0.2, 0.25) is 5.91 Å². The number of amides is 2. The molecule has 0 fully saturated rings. The Bertz CT molecular complexity index is 1080. The second-order valence-electron chi connectivity index (χ2n) is 8.47. The molecule has 0 radical (unpaired) electrons. The summed E-state index contributed by atoms with van der Waals surface area (Å²) in [4.78, 5) is 32.1. The van der Waals surface area contributed by atoms with Crippen LogP contribution in [0.4, 0.5) is 0 Å². The Morgan fingerprint density at radius 1 is 1.15 bits per heavy atom. The lowest BCUT2D eigenvalue weighted by Gasteiger charge is -2.37. The van der Waals surface area contributed by atoms with E-state index >= 15 is 0 Å². The molecule has 0 spiro atoms.